The number of carbonyl (C=O) groups excluding carboxylic acids is 1. The third-order valence-electron chi connectivity index (χ3n) is 2.91. The molecule has 1 aliphatic rings. The Morgan fingerprint density at radius 1 is 1.50 bits per heavy atom. The molecule has 1 unspecified atom stereocenters. The zero-order valence-electron chi connectivity index (χ0n) is 10.6. The number of hydrogen-bond donors (Lipinski definition) is 1. The van der Waals surface area contributed by atoms with Crippen molar-refractivity contribution in [2.45, 2.75) is 44.8 Å². The molecule has 0 radical (unpaired) electrons. The van der Waals surface area contributed by atoms with E-state index in [2.05, 4.69) is 4.98 Å². The van der Waals surface area contributed by atoms with Crippen LogP contribution in [0.3, 0.4) is 0 Å². The van der Waals surface area contributed by atoms with Crippen LogP contribution in [0.4, 0.5) is 0 Å². The normalized spacial score (nSPS) is 15.7. The quantitative estimate of drug-likeness (QED) is 0.886. The van der Waals surface area contributed by atoms with Crippen molar-refractivity contribution < 1.29 is 4.79 Å². The fraction of sp³-hybridized carbons (Fsp3) is 0.538. The van der Waals surface area contributed by atoms with Gasteiger partial charge in [-0.25, -0.2) is 0 Å². The Hall–Kier alpha value is -1.13. The molecule has 0 spiro atoms. The molecule has 18 heavy (non-hydrogen) atoms. The van der Waals surface area contributed by atoms with E-state index < -0.39 is 0 Å². The van der Waals surface area contributed by atoms with E-state index in [1.54, 1.807) is 12.4 Å². The number of carbonyl (C=O) groups is 1. The van der Waals surface area contributed by atoms with Gasteiger partial charge in [-0.15, -0.1) is 12.4 Å². The number of aromatic nitrogens is 1. The van der Waals surface area contributed by atoms with E-state index >= 15 is 0 Å². The maximum Gasteiger partial charge on any atom is 0.224 e. The molecule has 1 aromatic rings. The van der Waals surface area contributed by atoms with Crippen LogP contribution in [0.2, 0.25) is 0 Å². The zero-order valence-corrected chi connectivity index (χ0v) is 11.4. The molecule has 1 aliphatic carbocycles. The lowest BCUT2D eigenvalue weighted by molar-refractivity contribution is -0.132. The van der Waals surface area contributed by atoms with Crippen molar-refractivity contribution in [3.8, 4) is 0 Å². The molecule has 0 aromatic carbocycles. The number of halogens is 1. The van der Waals surface area contributed by atoms with Gasteiger partial charge in [-0.1, -0.05) is 0 Å². The number of rotatable bonds is 5. The summed E-state index contributed by atoms with van der Waals surface area (Å²) in [5, 5.41) is 0. The van der Waals surface area contributed by atoms with Crippen molar-refractivity contribution in [1.82, 2.24) is 9.88 Å². The Balaban J connectivity index is 0.00000162. The van der Waals surface area contributed by atoms with Crippen LogP contribution in [-0.4, -0.2) is 27.9 Å². The topological polar surface area (TPSA) is 59.2 Å². The van der Waals surface area contributed by atoms with E-state index in [0.717, 1.165) is 18.4 Å². The summed E-state index contributed by atoms with van der Waals surface area (Å²) in [7, 11) is 0. The largest absolute Gasteiger partial charge is 0.335 e. The van der Waals surface area contributed by atoms with Crippen molar-refractivity contribution in [3.05, 3.63) is 30.1 Å². The number of amides is 1. The van der Waals surface area contributed by atoms with E-state index in [4.69, 9.17) is 5.73 Å². The van der Waals surface area contributed by atoms with Crippen molar-refractivity contribution in [2.24, 2.45) is 5.73 Å². The van der Waals surface area contributed by atoms with Crippen LogP contribution in [0.5, 0.6) is 0 Å². The first kappa shape index (κ1) is 14.9. The summed E-state index contributed by atoms with van der Waals surface area (Å²) in [6.45, 7) is 2.55. The van der Waals surface area contributed by atoms with E-state index in [1.165, 1.54) is 0 Å². The predicted molar refractivity (Wildman–Crippen MR) is 73.3 cm³/mol. The summed E-state index contributed by atoms with van der Waals surface area (Å²) in [5.41, 5.74) is 6.82. The van der Waals surface area contributed by atoms with Crippen molar-refractivity contribution >= 4 is 18.3 Å². The van der Waals surface area contributed by atoms with Crippen LogP contribution >= 0.6 is 12.4 Å². The minimum Gasteiger partial charge on any atom is -0.335 e. The second-order valence-corrected chi connectivity index (χ2v) is 4.79. The maximum atomic E-state index is 12.1. The molecular weight excluding hydrogens is 250 g/mol. The Morgan fingerprint density at radius 2 is 2.11 bits per heavy atom. The Morgan fingerprint density at radius 3 is 2.61 bits per heavy atom. The van der Waals surface area contributed by atoms with Gasteiger partial charge in [0.15, 0.2) is 0 Å². The molecule has 1 heterocycles. The van der Waals surface area contributed by atoms with Gasteiger partial charge in [0.05, 0.1) is 0 Å². The van der Waals surface area contributed by atoms with Gasteiger partial charge in [-0.2, -0.15) is 0 Å². The Kier molecular flexibility index (Phi) is 5.56. The Bertz CT molecular complexity index is 379. The summed E-state index contributed by atoms with van der Waals surface area (Å²) in [6, 6.07) is 4.26. The molecule has 1 saturated carbocycles. The molecule has 1 aromatic heterocycles. The van der Waals surface area contributed by atoms with Crippen LogP contribution in [0.25, 0.3) is 0 Å². The van der Waals surface area contributed by atoms with Gasteiger partial charge in [0.1, 0.15) is 0 Å². The van der Waals surface area contributed by atoms with Crippen molar-refractivity contribution in [2.75, 3.05) is 0 Å². The molecule has 2 N–H and O–H groups in total. The second-order valence-electron chi connectivity index (χ2n) is 4.79. The average molecular weight is 270 g/mol. The first-order valence-corrected chi connectivity index (χ1v) is 6.11. The lowest BCUT2D eigenvalue weighted by atomic mass is 10.2. The van der Waals surface area contributed by atoms with Gasteiger partial charge in [0.2, 0.25) is 5.91 Å². The molecule has 4 nitrogen and oxygen atoms in total. The minimum absolute atomic E-state index is 0. The molecule has 1 fully saturated rings. The molecular formula is C13H20ClN3O. The molecule has 2 rings (SSSR count). The molecule has 1 amide bonds. The molecule has 1 atom stereocenters. The lowest BCUT2D eigenvalue weighted by Crippen LogP contribution is -2.36. The number of nitrogens with two attached hydrogens (primary N) is 1. The van der Waals surface area contributed by atoms with Gasteiger partial charge in [0.25, 0.3) is 0 Å². The van der Waals surface area contributed by atoms with Crippen LogP contribution in [-0.2, 0) is 11.3 Å². The van der Waals surface area contributed by atoms with Gasteiger partial charge in [-0.05, 0) is 37.5 Å². The van der Waals surface area contributed by atoms with Crippen LogP contribution < -0.4 is 5.73 Å². The van der Waals surface area contributed by atoms with Gasteiger partial charge < -0.3 is 10.6 Å². The summed E-state index contributed by atoms with van der Waals surface area (Å²) in [5.74, 6) is 0.166. The zero-order chi connectivity index (χ0) is 12.3. The van der Waals surface area contributed by atoms with E-state index in [9.17, 15) is 4.79 Å². The van der Waals surface area contributed by atoms with Gasteiger partial charge >= 0.3 is 0 Å². The van der Waals surface area contributed by atoms with E-state index in [0.29, 0.717) is 19.0 Å². The van der Waals surface area contributed by atoms with Crippen LogP contribution in [0, 0.1) is 0 Å². The van der Waals surface area contributed by atoms with Gasteiger partial charge in [0, 0.05) is 37.4 Å². The number of hydrogen-bond acceptors (Lipinski definition) is 3. The third kappa shape index (κ3) is 4.27. The summed E-state index contributed by atoms with van der Waals surface area (Å²) >= 11 is 0. The number of pyridine rings is 1. The Labute approximate surface area is 114 Å². The highest BCUT2D eigenvalue weighted by atomic mass is 35.5. The first-order valence-electron chi connectivity index (χ1n) is 6.11. The fourth-order valence-corrected chi connectivity index (χ4v) is 1.88. The predicted octanol–water partition coefficient (Wildman–Crippen LogP) is 1.73. The number of nitrogens with zero attached hydrogens (tertiary/aromatic N) is 2. The lowest BCUT2D eigenvalue weighted by Gasteiger charge is -2.23. The minimum atomic E-state index is -0.0683. The summed E-state index contributed by atoms with van der Waals surface area (Å²) in [6.07, 6.45) is 6.19. The summed E-state index contributed by atoms with van der Waals surface area (Å²) < 4.78 is 0. The SMILES string of the molecule is CC(N)CC(=O)N(Cc1ccncc1)C1CC1.Cl. The maximum absolute atomic E-state index is 12.1. The third-order valence-corrected chi connectivity index (χ3v) is 2.91. The van der Waals surface area contributed by atoms with Gasteiger partial charge in [-0.3, -0.25) is 9.78 Å². The second kappa shape index (κ2) is 6.71. The van der Waals surface area contributed by atoms with E-state index in [-0.39, 0.29) is 24.4 Å². The smallest absolute Gasteiger partial charge is 0.224 e. The molecule has 5 heteroatoms. The fourth-order valence-electron chi connectivity index (χ4n) is 1.88. The molecule has 0 saturated heterocycles. The molecule has 100 valence electrons. The monoisotopic (exact) mass is 269 g/mol. The van der Waals surface area contributed by atoms with Crippen molar-refractivity contribution in [1.29, 1.82) is 0 Å². The van der Waals surface area contributed by atoms with Crippen LogP contribution in [0.15, 0.2) is 24.5 Å². The van der Waals surface area contributed by atoms with E-state index in [1.807, 2.05) is 24.0 Å². The first-order chi connectivity index (χ1) is 8.16. The van der Waals surface area contributed by atoms with Crippen molar-refractivity contribution in [3.63, 3.8) is 0 Å². The average Bonchev–Trinajstić information content (AvgIpc) is 3.10. The van der Waals surface area contributed by atoms with Crippen LogP contribution in [0.1, 0.15) is 31.7 Å². The standard InChI is InChI=1S/C13H19N3O.ClH/c1-10(14)8-13(17)16(12-2-3-12)9-11-4-6-15-7-5-11;/h4-7,10,12H,2-3,8-9,14H2,1H3;1H. The molecule has 0 aliphatic heterocycles. The summed E-state index contributed by atoms with van der Waals surface area (Å²) in [4.78, 5) is 18.0. The molecule has 0 bridgehead atoms. The highest BCUT2D eigenvalue weighted by molar-refractivity contribution is 5.85. The highest BCUT2D eigenvalue weighted by Crippen LogP contribution is 2.29. The highest BCUT2D eigenvalue weighted by Gasteiger charge is 2.32.